The number of hydrogen-bond acceptors (Lipinski definition) is 4. The molecule has 96 valence electrons. The zero-order chi connectivity index (χ0) is 12.3. The van der Waals surface area contributed by atoms with Crippen molar-refractivity contribution in [3.63, 3.8) is 0 Å². The first-order valence-corrected chi connectivity index (χ1v) is 6.99. The third kappa shape index (κ3) is 1.52. The Hall–Kier alpha value is -0.710. The van der Waals surface area contributed by atoms with Gasteiger partial charge >= 0.3 is 0 Å². The molecule has 0 amide bonds. The second kappa shape index (κ2) is 3.89. The van der Waals surface area contributed by atoms with Crippen molar-refractivity contribution in [3.8, 4) is 0 Å². The summed E-state index contributed by atoms with van der Waals surface area (Å²) in [4.78, 5) is 10.5. The van der Waals surface area contributed by atoms with E-state index in [4.69, 9.17) is 11.6 Å². The molecule has 1 N–H and O–H groups in total. The maximum Gasteiger partial charge on any atom is 0.222 e. The molecule has 5 heteroatoms. The van der Waals surface area contributed by atoms with Crippen LogP contribution in [0.15, 0.2) is 12.3 Å². The van der Waals surface area contributed by atoms with Crippen LogP contribution in [-0.2, 0) is 6.54 Å². The van der Waals surface area contributed by atoms with Crippen LogP contribution in [0.3, 0.4) is 0 Å². The molecule has 3 fully saturated rings. The molecule has 4 nitrogen and oxygen atoms in total. The summed E-state index contributed by atoms with van der Waals surface area (Å²) in [5.41, 5.74) is 0.951. The maximum absolute atomic E-state index is 10.3. The molecular weight excluding hydrogens is 250 g/mol. The molecule has 1 aromatic heterocycles. The predicted octanol–water partition coefficient (Wildman–Crippen LogP) is 1.33. The van der Waals surface area contributed by atoms with Crippen LogP contribution >= 0.6 is 11.6 Å². The third-order valence-electron chi connectivity index (χ3n) is 5.00. The van der Waals surface area contributed by atoms with Crippen molar-refractivity contribution in [1.82, 2.24) is 14.9 Å². The van der Waals surface area contributed by atoms with Crippen LogP contribution in [0, 0.1) is 17.8 Å². The molecule has 2 heterocycles. The Kier molecular flexibility index (Phi) is 2.41. The number of aromatic nitrogens is 2. The zero-order valence-corrected chi connectivity index (χ0v) is 10.8. The first-order valence-electron chi connectivity index (χ1n) is 6.62. The van der Waals surface area contributed by atoms with E-state index < -0.39 is 0 Å². The highest BCUT2D eigenvalue weighted by molar-refractivity contribution is 6.28. The Bertz CT molecular complexity index is 481. The summed E-state index contributed by atoms with van der Waals surface area (Å²) >= 11 is 5.82. The van der Waals surface area contributed by atoms with Crippen molar-refractivity contribution in [2.24, 2.45) is 17.8 Å². The van der Waals surface area contributed by atoms with Crippen LogP contribution in [0.25, 0.3) is 0 Å². The van der Waals surface area contributed by atoms with Gasteiger partial charge in [0, 0.05) is 25.3 Å². The molecular formula is C13H16ClN3O. The number of rotatable bonds is 2. The molecule has 0 spiro atoms. The fourth-order valence-electron chi connectivity index (χ4n) is 4.39. The molecule has 4 rings (SSSR count). The van der Waals surface area contributed by atoms with E-state index in [0.29, 0.717) is 23.2 Å². The normalized spacial score (nSPS) is 41.8. The van der Waals surface area contributed by atoms with Gasteiger partial charge in [-0.25, -0.2) is 9.97 Å². The number of aliphatic hydroxyl groups excluding tert-OH is 1. The van der Waals surface area contributed by atoms with Gasteiger partial charge in [-0.3, -0.25) is 4.90 Å². The Morgan fingerprint density at radius 3 is 3.06 bits per heavy atom. The smallest absolute Gasteiger partial charge is 0.222 e. The third-order valence-corrected chi connectivity index (χ3v) is 5.18. The summed E-state index contributed by atoms with van der Waals surface area (Å²) in [6.07, 6.45) is 4.00. The van der Waals surface area contributed by atoms with Gasteiger partial charge in [0.2, 0.25) is 5.28 Å². The van der Waals surface area contributed by atoms with E-state index in [-0.39, 0.29) is 6.10 Å². The second-order valence-electron chi connectivity index (χ2n) is 5.88. The lowest BCUT2D eigenvalue weighted by molar-refractivity contribution is 0.0480. The topological polar surface area (TPSA) is 49.2 Å². The van der Waals surface area contributed by atoms with Crippen LogP contribution in [-0.4, -0.2) is 38.7 Å². The molecule has 0 radical (unpaired) electrons. The molecule has 2 aliphatic carbocycles. The van der Waals surface area contributed by atoms with E-state index in [9.17, 15) is 5.11 Å². The highest BCUT2D eigenvalue weighted by Crippen LogP contribution is 2.55. The van der Waals surface area contributed by atoms with Gasteiger partial charge in [-0.15, -0.1) is 0 Å². The van der Waals surface area contributed by atoms with Crippen molar-refractivity contribution in [3.05, 3.63) is 23.2 Å². The number of likely N-dealkylation sites (tertiary alicyclic amines) is 1. The summed E-state index contributed by atoms with van der Waals surface area (Å²) in [6.45, 7) is 1.88. The van der Waals surface area contributed by atoms with Crippen LogP contribution in [0.5, 0.6) is 0 Å². The highest BCUT2D eigenvalue weighted by Gasteiger charge is 2.58. The van der Waals surface area contributed by atoms with Gasteiger partial charge in [-0.1, -0.05) is 0 Å². The molecule has 0 aromatic carbocycles. The molecule has 1 aliphatic heterocycles. The summed E-state index contributed by atoms with van der Waals surface area (Å²) in [6, 6.07) is 2.26. The molecule has 2 saturated carbocycles. The lowest BCUT2D eigenvalue weighted by atomic mass is 9.88. The van der Waals surface area contributed by atoms with Gasteiger partial charge in [-0.2, -0.15) is 0 Å². The van der Waals surface area contributed by atoms with Crippen molar-refractivity contribution in [2.45, 2.75) is 31.5 Å². The van der Waals surface area contributed by atoms with Crippen LogP contribution in [0.1, 0.15) is 18.5 Å². The number of hydrogen-bond donors (Lipinski definition) is 1. The Morgan fingerprint density at radius 1 is 1.39 bits per heavy atom. The minimum atomic E-state index is -0.133. The van der Waals surface area contributed by atoms with Gasteiger partial charge in [0.25, 0.3) is 0 Å². The first-order chi connectivity index (χ1) is 8.72. The Morgan fingerprint density at radius 2 is 2.28 bits per heavy atom. The van der Waals surface area contributed by atoms with Gasteiger partial charge in [0.05, 0.1) is 11.8 Å². The molecule has 1 saturated heterocycles. The first kappa shape index (κ1) is 11.1. The van der Waals surface area contributed by atoms with E-state index >= 15 is 0 Å². The molecule has 1 aromatic rings. The Labute approximate surface area is 111 Å². The van der Waals surface area contributed by atoms with Gasteiger partial charge in [0.15, 0.2) is 0 Å². The van der Waals surface area contributed by atoms with Crippen LogP contribution in [0.4, 0.5) is 0 Å². The lowest BCUT2D eigenvalue weighted by Gasteiger charge is -2.28. The van der Waals surface area contributed by atoms with E-state index in [1.165, 1.54) is 12.8 Å². The highest BCUT2D eigenvalue weighted by atomic mass is 35.5. The maximum atomic E-state index is 10.3. The minimum absolute atomic E-state index is 0.133. The molecule has 2 bridgehead atoms. The standard InChI is InChI=1S/C13H16ClN3O/c14-13-15-2-1-9(16-13)6-17-5-8-3-7-4-10(8)11(17)12(7)18/h1-2,7-8,10-12,18H,3-6H2. The number of fused-ring (bicyclic) bond motifs is 1. The fraction of sp³-hybridized carbons (Fsp3) is 0.692. The molecule has 3 aliphatic rings. The summed E-state index contributed by atoms with van der Waals surface area (Å²) in [5, 5.41) is 10.6. The van der Waals surface area contributed by atoms with E-state index in [2.05, 4.69) is 14.9 Å². The largest absolute Gasteiger partial charge is 0.391 e. The summed E-state index contributed by atoms with van der Waals surface area (Å²) < 4.78 is 0. The fourth-order valence-corrected chi connectivity index (χ4v) is 4.55. The Balaban J connectivity index is 1.57. The molecule has 5 unspecified atom stereocenters. The van der Waals surface area contributed by atoms with Crippen molar-refractivity contribution in [1.29, 1.82) is 0 Å². The van der Waals surface area contributed by atoms with Crippen molar-refractivity contribution >= 4 is 11.6 Å². The van der Waals surface area contributed by atoms with Gasteiger partial charge < -0.3 is 5.11 Å². The van der Waals surface area contributed by atoms with Gasteiger partial charge in [-0.05, 0) is 48.3 Å². The monoisotopic (exact) mass is 265 g/mol. The molecule has 5 atom stereocenters. The SMILES string of the molecule is OC1C2CC3CN(Cc4ccnc(Cl)n4)C1C3C2. The summed E-state index contributed by atoms with van der Waals surface area (Å²) in [7, 11) is 0. The quantitative estimate of drug-likeness (QED) is 0.820. The average molecular weight is 266 g/mol. The second-order valence-corrected chi connectivity index (χ2v) is 6.22. The minimum Gasteiger partial charge on any atom is -0.391 e. The number of nitrogens with zero attached hydrogens (tertiary/aromatic N) is 3. The predicted molar refractivity (Wildman–Crippen MR) is 67.0 cm³/mol. The number of halogens is 1. The van der Waals surface area contributed by atoms with E-state index in [1.54, 1.807) is 6.20 Å². The number of aliphatic hydroxyl groups is 1. The zero-order valence-electron chi connectivity index (χ0n) is 10.0. The van der Waals surface area contributed by atoms with Crippen LogP contribution in [0.2, 0.25) is 5.28 Å². The summed E-state index contributed by atoms with van der Waals surface area (Å²) in [5.74, 6) is 2.05. The van der Waals surface area contributed by atoms with Crippen molar-refractivity contribution < 1.29 is 5.11 Å². The van der Waals surface area contributed by atoms with Gasteiger partial charge in [0.1, 0.15) is 0 Å². The van der Waals surface area contributed by atoms with E-state index in [1.807, 2.05) is 6.07 Å². The van der Waals surface area contributed by atoms with E-state index in [0.717, 1.165) is 24.7 Å². The molecule has 18 heavy (non-hydrogen) atoms. The lowest BCUT2D eigenvalue weighted by Crippen LogP contribution is -2.40. The van der Waals surface area contributed by atoms with Crippen LogP contribution < -0.4 is 0 Å². The van der Waals surface area contributed by atoms with Crippen molar-refractivity contribution in [2.75, 3.05) is 6.54 Å². The average Bonchev–Trinajstić information content (AvgIpc) is 2.91.